The van der Waals surface area contributed by atoms with Crippen LogP contribution in [0, 0.1) is 0 Å². The van der Waals surface area contributed by atoms with Crippen LogP contribution in [0.15, 0.2) is 30.3 Å². The molecule has 0 amide bonds. The van der Waals surface area contributed by atoms with Gasteiger partial charge in [-0.15, -0.1) is 0 Å². The molecular weight excluding hydrogens is 308 g/mol. The minimum absolute atomic E-state index is 0.612. The summed E-state index contributed by atoms with van der Waals surface area (Å²) in [7, 11) is 8.15. The van der Waals surface area contributed by atoms with E-state index in [1.807, 2.05) is 30.3 Å². The predicted octanol–water partition coefficient (Wildman–Crippen LogP) is 3.51. The van der Waals surface area contributed by atoms with Crippen molar-refractivity contribution in [2.45, 2.75) is 12.8 Å². The molecule has 2 aromatic carbocycles. The van der Waals surface area contributed by atoms with E-state index in [1.165, 1.54) is 0 Å². The second-order valence-electron chi connectivity index (χ2n) is 5.21. The van der Waals surface area contributed by atoms with E-state index < -0.39 is 0 Å². The van der Waals surface area contributed by atoms with Crippen LogP contribution in [0.4, 0.5) is 0 Å². The summed E-state index contributed by atoms with van der Waals surface area (Å²) in [6, 6.07) is 9.77. The van der Waals surface area contributed by atoms with Gasteiger partial charge in [-0.05, 0) is 42.2 Å². The lowest BCUT2D eigenvalue weighted by Crippen LogP contribution is -2.01. The molecule has 0 unspecified atom stereocenters. The summed E-state index contributed by atoms with van der Waals surface area (Å²) in [5, 5.41) is 0. The monoisotopic (exact) mass is 332 g/mol. The zero-order chi connectivity index (χ0) is 17.5. The summed E-state index contributed by atoms with van der Waals surface area (Å²) in [6.07, 6.45) is 1.61. The third-order valence-electron chi connectivity index (χ3n) is 3.88. The van der Waals surface area contributed by atoms with E-state index in [1.54, 1.807) is 35.5 Å². The fourth-order valence-electron chi connectivity index (χ4n) is 2.65. The smallest absolute Gasteiger partial charge is 0.203 e. The van der Waals surface area contributed by atoms with Gasteiger partial charge in [-0.2, -0.15) is 0 Å². The Hall–Kier alpha value is -2.56. The summed E-state index contributed by atoms with van der Waals surface area (Å²) in [6.45, 7) is 0. The third-order valence-corrected chi connectivity index (χ3v) is 3.88. The molecule has 0 saturated heterocycles. The lowest BCUT2D eigenvalue weighted by Gasteiger charge is -2.16. The lowest BCUT2D eigenvalue weighted by atomic mass is 10.0. The predicted molar refractivity (Wildman–Crippen MR) is 93.1 cm³/mol. The first kappa shape index (κ1) is 17.8. The van der Waals surface area contributed by atoms with Gasteiger partial charge in [-0.3, -0.25) is 0 Å². The number of benzene rings is 2. The van der Waals surface area contributed by atoms with E-state index >= 15 is 0 Å². The minimum atomic E-state index is 0.612. The van der Waals surface area contributed by atoms with Crippen molar-refractivity contribution < 1.29 is 23.7 Å². The molecule has 130 valence electrons. The van der Waals surface area contributed by atoms with Gasteiger partial charge in [-0.25, -0.2) is 0 Å². The number of rotatable bonds is 8. The summed E-state index contributed by atoms with van der Waals surface area (Å²) in [5.41, 5.74) is 2.18. The fourth-order valence-corrected chi connectivity index (χ4v) is 2.65. The highest BCUT2D eigenvalue weighted by molar-refractivity contribution is 5.56. The maximum absolute atomic E-state index is 5.53. The van der Waals surface area contributed by atoms with Gasteiger partial charge in [0.25, 0.3) is 0 Å². The van der Waals surface area contributed by atoms with Crippen LogP contribution >= 0.6 is 0 Å². The van der Waals surface area contributed by atoms with Crippen molar-refractivity contribution in [3.8, 4) is 28.7 Å². The SMILES string of the molecule is COc1cc(CCc2ccc(OC)c(OC)c2OC)cc(OC)c1. The molecule has 0 saturated carbocycles. The van der Waals surface area contributed by atoms with Crippen LogP contribution in [-0.4, -0.2) is 35.5 Å². The van der Waals surface area contributed by atoms with E-state index in [9.17, 15) is 0 Å². The molecule has 24 heavy (non-hydrogen) atoms. The van der Waals surface area contributed by atoms with Crippen molar-refractivity contribution in [3.05, 3.63) is 41.5 Å². The van der Waals surface area contributed by atoms with E-state index in [-0.39, 0.29) is 0 Å². The summed E-state index contributed by atoms with van der Waals surface area (Å²) >= 11 is 0. The van der Waals surface area contributed by atoms with Crippen molar-refractivity contribution in [1.29, 1.82) is 0 Å². The van der Waals surface area contributed by atoms with Gasteiger partial charge >= 0.3 is 0 Å². The second-order valence-corrected chi connectivity index (χ2v) is 5.21. The largest absolute Gasteiger partial charge is 0.497 e. The number of hydrogen-bond donors (Lipinski definition) is 0. The van der Waals surface area contributed by atoms with E-state index in [0.29, 0.717) is 17.2 Å². The average Bonchev–Trinajstić information content (AvgIpc) is 2.64. The molecule has 0 aromatic heterocycles. The van der Waals surface area contributed by atoms with Crippen LogP contribution in [0.5, 0.6) is 28.7 Å². The number of methoxy groups -OCH3 is 5. The molecule has 0 N–H and O–H groups in total. The topological polar surface area (TPSA) is 46.2 Å². The van der Waals surface area contributed by atoms with Gasteiger partial charge in [0.05, 0.1) is 35.5 Å². The number of aryl methyl sites for hydroxylation is 2. The van der Waals surface area contributed by atoms with Gasteiger partial charge in [0.2, 0.25) is 5.75 Å². The molecule has 0 aliphatic rings. The molecule has 5 heteroatoms. The van der Waals surface area contributed by atoms with Crippen molar-refractivity contribution in [3.63, 3.8) is 0 Å². The third kappa shape index (κ3) is 3.85. The summed E-state index contributed by atoms with van der Waals surface area (Å²) < 4.78 is 26.9. The summed E-state index contributed by atoms with van der Waals surface area (Å²) in [4.78, 5) is 0. The van der Waals surface area contributed by atoms with Crippen LogP contribution in [0.2, 0.25) is 0 Å². The molecule has 0 radical (unpaired) electrons. The standard InChI is InChI=1S/C19H24O5/c1-20-15-10-13(11-16(12-15)21-2)6-7-14-8-9-17(22-3)19(24-5)18(14)23-4/h8-12H,6-7H2,1-5H3. The first-order chi connectivity index (χ1) is 11.7. The van der Waals surface area contributed by atoms with Crippen molar-refractivity contribution in [2.75, 3.05) is 35.5 Å². The molecule has 0 spiro atoms. The van der Waals surface area contributed by atoms with Gasteiger partial charge < -0.3 is 23.7 Å². The number of ether oxygens (including phenoxy) is 5. The minimum Gasteiger partial charge on any atom is -0.497 e. The van der Waals surface area contributed by atoms with E-state index in [0.717, 1.165) is 35.5 Å². The van der Waals surface area contributed by atoms with E-state index in [4.69, 9.17) is 23.7 Å². The zero-order valence-electron chi connectivity index (χ0n) is 14.8. The molecule has 2 aromatic rings. The molecule has 0 aliphatic heterocycles. The Morgan fingerprint density at radius 2 is 1.25 bits per heavy atom. The summed E-state index contributed by atoms with van der Waals surface area (Å²) in [5.74, 6) is 3.53. The van der Waals surface area contributed by atoms with E-state index in [2.05, 4.69) is 0 Å². The highest BCUT2D eigenvalue weighted by Gasteiger charge is 2.15. The normalized spacial score (nSPS) is 10.2. The molecule has 0 bridgehead atoms. The average molecular weight is 332 g/mol. The Labute approximate surface area is 143 Å². The van der Waals surface area contributed by atoms with Crippen LogP contribution in [0.3, 0.4) is 0 Å². The first-order valence-corrected chi connectivity index (χ1v) is 7.66. The maximum atomic E-state index is 5.53. The highest BCUT2D eigenvalue weighted by Crippen LogP contribution is 2.40. The van der Waals surface area contributed by atoms with Crippen LogP contribution < -0.4 is 23.7 Å². The lowest BCUT2D eigenvalue weighted by molar-refractivity contribution is 0.322. The first-order valence-electron chi connectivity index (χ1n) is 7.66. The van der Waals surface area contributed by atoms with Gasteiger partial charge in [0.1, 0.15) is 11.5 Å². The van der Waals surface area contributed by atoms with Gasteiger partial charge in [0.15, 0.2) is 11.5 Å². The Morgan fingerprint density at radius 1 is 0.625 bits per heavy atom. The fraction of sp³-hybridized carbons (Fsp3) is 0.368. The Bertz CT molecular complexity index is 659. The highest BCUT2D eigenvalue weighted by atomic mass is 16.5. The van der Waals surface area contributed by atoms with Crippen molar-refractivity contribution >= 4 is 0 Å². The maximum Gasteiger partial charge on any atom is 0.203 e. The van der Waals surface area contributed by atoms with Crippen LogP contribution in [0.25, 0.3) is 0 Å². The molecule has 5 nitrogen and oxygen atoms in total. The zero-order valence-corrected chi connectivity index (χ0v) is 14.8. The Balaban J connectivity index is 2.26. The second kappa shape index (κ2) is 8.34. The number of hydrogen-bond acceptors (Lipinski definition) is 5. The molecule has 0 atom stereocenters. The van der Waals surface area contributed by atoms with Crippen molar-refractivity contribution in [1.82, 2.24) is 0 Å². The molecule has 2 rings (SSSR count). The van der Waals surface area contributed by atoms with Crippen LogP contribution in [0.1, 0.15) is 11.1 Å². The Kier molecular flexibility index (Phi) is 6.18. The molecular formula is C19H24O5. The van der Waals surface area contributed by atoms with Crippen LogP contribution in [-0.2, 0) is 12.8 Å². The molecule has 0 aliphatic carbocycles. The van der Waals surface area contributed by atoms with Gasteiger partial charge in [0, 0.05) is 6.07 Å². The molecule has 0 heterocycles. The van der Waals surface area contributed by atoms with Crippen molar-refractivity contribution in [2.24, 2.45) is 0 Å². The Morgan fingerprint density at radius 3 is 1.75 bits per heavy atom. The van der Waals surface area contributed by atoms with Gasteiger partial charge in [-0.1, -0.05) is 6.07 Å². The molecule has 0 fully saturated rings. The quantitative estimate of drug-likeness (QED) is 0.740.